The maximum Gasteiger partial charge on any atom is 0.0198 e. The number of hydrogen-bond acceptors (Lipinski definition) is 2. The molecule has 2 heteroatoms. The minimum absolute atomic E-state index is 0.609. The number of benzene rings is 1. The zero-order chi connectivity index (χ0) is 11.8. The van der Waals surface area contributed by atoms with Gasteiger partial charge in [-0.25, -0.2) is 0 Å². The number of thioether (sulfide) groups is 1. The predicted octanol–water partition coefficient (Wildman–Crippen LogP) is 3.27. The van der Waals surface area contributed by atoms with E-state index < -0.39 is 0 Å². The summed E-state index contributed by atoms with van der Waals surface area (Å²) in [7, 11) is 0. The van der Waals surface area contributed by atoms with Crippen molar-refractivity contribution in [3.05, 3.63) is 35.4 Å². The minimum atomic E-state index is 0.609. The van der Waals surface area contributed by atoms with Gasteiger partial charge in [-0.15, -0.1) is 0 Å². The number of nitrogens with one attached hydrogen (secondary N) is 1. The summed E-state index contributed by atoms with van der Waals surface area (Å²) >= 11 is 2.02. The molecule has 1 aromatic carbocycles. The Labute approximate surface area is 104 Å². The van der Waals surface area contributed by atoms with E-state index in [2.05, 4.69) is 50.4 Å². The van der Waals surface area contributed by atoms with Gasteiger partial charge in [0.1, 0.15) is 0 Å². The van der Waals surface area contributed by atoms with Gasteiger partial charge in [-0.1, -0.05) is 43.7 Å². The fourth-order valence-corrected chi connectivity index (χ4v) is 2.50. The molecule has 1 atom stereocenters. The van der Waals surface area contributed by atoms with E-state index in [1.165, 1.54) is 22.6 Å². The van der Waals surface area contributed by atoms with Gasteiger partial charge in [0.15, 0.2) is 0 Å². The second-order valence-electron chi connectivity index (χ2n) is 4.10. The Balaban J connectivity index is 2.49. The molecule has 0 bridgehead atoms. The largest absolute Gasteiger partial charge is 0.313 e. The fraction of sp³-hybridized carbons (Fsp3) is 0.571. The van der Waals surface area contributed by atoms with Crippen LogP contribution in [-0.2, 0) is 6.42 Å². The summed E-state index contributed by atoms with van der Waals surface area (Å²) < 4.78 is 0. The predicted molar refractivity (Wildman–Crippen MR) is 75.3 cm³/mol. The van der Waals surface area contributed by atoms with Crippen molar-refractivity contribution >= 4 is 11.8 Å². The van der Waals surface area contributed by atoms with Gasteiger partial charge in [0.05, 0.1) is 0 Å². The van der Waals surface area contributed by atoms with Crippen LogP contribution in [0.1, 0.15) is 25.0 Å². The maximum absolute atomic E-state index is 3.56. The van der Waals surface area contributed by atoms with Crippen LogP contribution in [0.15, 0.2) is 24.3 Å². The van der Waals surface area contributed by atoms with Crippen LogP contribution in [-0.4, -0.2) is 24.1 Å². The molecule has 0 aromatic heterocycles. The molecule has 1 unspecified atom stereocenters. The SMILES string of the molecule is CCNC(CSCC)Cc1ccc(C)cc1. The third-order valence-corrected chi connectivity index (χ3v) is 3.66. The van der Waals surface area contributed by atoms with Gasteiger partial charge in [0, 0.05) is 11.8 Å². The Morgan fingerprint density at radius 1 is 1.19 bits per heavy atom. The molecule has 0 heterocycles. The van der Waals surface area contributed by atoms with Crippen molar-refractivity contribution in [2.45, 2.75) is 33.2 Å². The summed E-state index contributed by atoms with van der Waals surface area (Å²) in [6.07, 6.45) is 1.14. The van der Waals surface area contributed by atoms with Crippen molar-refractivity contribution in [3.8, 4) is 0 Å². The Morgan fingerprint density at radius 3 is 2.44 bits per heavy atom. The smallest absolute Gasteiger partial charge is 0.0198 e. The molecule has 1 nitrogen and oxygen atoms in total. The Hall–Kier alpha value is -0.470. The second kappa shape index (κ2) is 7.75. The van der Waals surface area contributed by atoms with E-state index in [1.54, 1.807) is 0 Å². The molecule has 0 saturated carbocycles. The van der Waals surface area contributed by atoms with Crippen molar-refractivity contribution in [1.29, 1.82) is 0 Å². The van der Waals surface area contributed by atoms with E-state index in [0.29, 0.717) is 6.04 Å². The van der Waals surface area contributed by atoms with E-state index >= 15 is 0 Å². The zero-order valence-electron chi connectivity index (χ0n) is 10.6. The molecule has 0 aliphatic heterocycles. The number of hydrogen-bond donors (Lipinski definition) is 1. The molecule has 1 aromatic rings. The van der Waals surface area contributed by atoms with E-state index in [-0.39, 0.29) is 0 Å². The second-order valence-corrected chi connectivity index (χ2v) is 5.42. The summed E-state index contributed by atoms with van der Waals surface area (Å²) in [6, 6.07) is 9.50. The lowest BCUT2D eigenvalue weighted by Crippen LogP contribution is -2.33. The standard InChI is InChI=1S/C14H23NS/c1-4-15-14(11-16-5-2)10-13-8-6-12(3)7-9-13/h6-9,14-15H,4-5,10-11H2,1-3H3. The van der Waals surface area contributed by atoms with Crippen LogP contribution in [0.2, 0.25) is 0 Å². The summed E-state index contributed by atoms with van der Waals surface area (Å²) in [4.78, 5) is 0. The molecule has 1 rings (SSSR count). The van der Waals surface area contributed by atoms with Crippen molar-refractivity contribution in [1.82, 2.24) is 5.32 Å². The van der Waals surface area contributed by atoms with Crippen LogP contribution < -0.4 is 5.32 Å². The lowest BCUT2D eigenvalue weighted by molar-refractivity contribution is 0.572. The molecule has 0 aliphatic rings. The number of rotatable bonds is 7. The summed E-state index contributed by atoms with van der Waals surface area (Å²) in [6.45, 7) is 7.59. The molecular weight excluding hydrogens is 214 g/mol. The van der Waals surface area contributed by atoms with Crippen LogP contribution in [0.25, 0.3) is 0 Å². The first-order valence-corrected chi connectivity index (χ1v) is 7.28. The molecule has 0 amide bonds. The van der Waals surface area contributed by atoms with Crippen LogP contribution >= 0.6 is 11.8 Å². The van der Waals surface area contributed by atoms with Crippen LogP contribution in [0.4, 0.5) is 0 Å². The quantitative estimate of drug-likeness (QED) is 0.781. The van der Waals surface area contributed by atoms with Crippen molar-refractivity contribution in [2.24, 2.45) is 0 Å². The summed E-state index contributed by atoms with van der Waals surface area (Å²) in [5.74, 6) is 2.41. The topological polar surface area (TPSA) is 12.0 Å². The first-order chi connectivity index (χ1) is 7.76. The maximum atomic E-state index is 3.56. The van der Waals surface area contributed by atoms with Crippen molar-refractivity contribution in [3.63, 3.8) is 0 Å². The monoisotopic (exact) mass is 237 g/mol. The first-order valence-electron chi connectivity index (χ1n) is 6.13. The third-order valence-electron chi connectivity index (χ3n) is 2.62. The minimum Gasteiger partial charge on any atom is -0.313 e. The summed E-state index contributed by atoms with van der Waals surface area (Å²) in [5, 5.41) is 3.56. The highest BCUT2D eigenvalue weighted by Gasteiger charge is 2.07. The van der Waals surface area contributed by atoms with Gasteiger partial charge in [0.25, 0.3) is 0 Å². The number of aryl methyl sites for hydroxylation is 1. The van der Waals surface area contributed by atoms with Crippen molar-refractivity contribution in [2.75, 3.05) is 18.1 Å². The van der Waals surface area contributed by atoms with Crippen molar-refractivity contribution < 1.29 is 0 Å². The molecular formula is C14H23NS. The van der Waals surface area contributed by atoms with Gasteiger partial charge >= 0.3 is 0 Å². The van der Waals surface area contributed by atoms with E-state index in [4.69, 9.17) is 0 Å². The average Bonchev–Trinajstić information content (AvgIpc) is 2.29. The zero-order valence-corrected chi connectivity index (χ0v) is 11.4. The average molecular weight is 237 g/mol. The molecule has 1 N–H and O–H groups in total. The highest BCUT2D eigenvalue weighted by atomic mass is 32.2. The van der Waals surface area contributed by atoms with Gasteiger partial charge in [0.2, 0.25) is 0 Å². The normalized spacial score (nSPS) is 12.7. The van der Waals surface area contributed by atoms with Crippen LogP contribution in [0, 0.1) is 6.92 Å². The highest BCUT2D eigenvalue weighted by molar-refractivity contribution is 7.99. The Bertz CT molecular complexity index is 281. The molecule has 0 spiro atoms. The molecule has 0 aliphatic carbocycles. The summed E-state index contributed by atoms with van der Waals surface area (Å²) in [5.41, 5.74) is 2.78. The van der Waals surface area contributed by atoms with E-state index in [1.807, 2.05) is 11.8 Å². The molecule has 16 heavy (non-hydrogen) atoms. The fourth-order valence-electron chi connectivity index (χ4n) is 1.75. The number of likely N-dealkylation sites (N-methyl/N-ethyl adjacent to an activating group) is 1. The van der Waals surface area contributed by atoms with Gasteiger partial charge in [-0.05, 0) is 31.2 Å². The third kappa shape index (κ3) is 5.04. The van der Waals surface area contributed by atoms with Gasteiger partial charge in [-0.3, -0.25) is 0 Å². The van der Waals surface area contributed by atoms with Crippen LogP contribution in [0.3, 0.4) is 0 Å². The Kier molecular flexibility index (Phi) is 6.58. The molecule has 0 saturated heterocycles. The van der Waals surface area contributed by atoms with Gasteiger partial charge < -0.3 is 5.32 Å². The lowest BCUT2D eigenvalue weighted by atomic mass is 10.1. The van der Waals surface area contributed by atoms with E-state index in [9.17, 15) is 0 Å². The first kappa shape index (κ1) is 13.6. The molecule has 90 valence electrons. The lowest BCUT2D eigenvalue weighted by Gasteiger charge is -2.17. The van der Waals surface area contributed by atoms with E-state index in [0.717, 1.165) is 13.0 Å². The highest BCUT2D eigenvalue weighted by Crippen LogP contribution is 2.10. The van der Waals surface area contributed by atoms with Gasteiger partial charge in [-0.2, -0.15) is 11.8 Å². The molecule has 0 fully saturated rings. The molecule has 0 radical (unpaired) electrons. The Morgan fingerprint density at radius 2 is 1.88 bits per heavy atom. The van der Waals surface area contributed by atoms with Crippen LogP contribution in [0.5, 0.6) is 0 Å².